The molecule has 4 nitrogen and oxygen atoms in total. The highest BCUT2D eigenvalue weighted by Crippen LogP contribution is 2.14. The fourth-order valence-corrected chi connectivity index (χ4v) is 1.81. The van der Waals surface area contributed by atoms with Gasteiger partial charge >= 0.3 is 0 Å². The molecule has 0 aromatic carbocycles. The molecule has 0 aromatic heterocycles. The summed E-state index contributed by atoms with van der Waals surface area (Å²) in [5.41, 5.74) is 9.24. The maximum atomic E-state index is 3.14. The van der Waals surface area contributed by atoms with Gasteiger partial charge in [-0.1, -0.05) is 6.42 Å². The van der Waals surface area contributed by atoms with Gasteiger partial charge in [0.1, 0.15) is 0 Å². The average Bonchev–Trinajstić information content (AvgIpc) is 2.36. The Kier molecular flexibility index (Phi) is 2.38. The molecule has 3 N–H and O–H groups in total. The maximum Gasteiger partial charge on any atom is 0.0185 e. The van der Waals surface area contributed by atoms with E-state index in [1.807, 2.05) is 0 Å². The van der Waals surface area contributed by atoms with Crippen LogP contribution < -0.4 is 16.5 Å². The molecular formula is C7H16N4. The molecule has 0 amide bonds. The highest BCUT2D eigenvalue weighted by Gasteiger charge is 2.19. The van der Waals surface area contributed by atoms with Gasteiger partial charge in [-0.05, 0) is 18.8 Å². The normalized spacial score (nSPS) is 39.3. The number of hydrogen-bond donors (Lipinski definition) is 3. The number of nitrogens with zero attached hydrogens (tertiary/aromatic N) is 1. The molecule has 2 aliphatic heterocycles. The zero-order valence-corrected chi connectivity index (χ0v) is 6.77. The van der Waals surface area contributed by atoms with Gasteiger partial charge in [0, 0.05) is 19.6 Å². The molecule has 0 aliphatic carbocycles. The van der Waals surface area contributed by atoms with Crippen molar-refractivity contribution in [1.29, 1.82) is 0 Å². The molecule has 2 heterocycles. The summed E-state index contributed by atoms with van der Waals surface area (Å²) in [4.78, 5) is 0. The van der Waals surface area contributed by atoms with E-state index in [0.717, 1.165) is 12.5 Å². The minimum atomic E-state index is 0.819. The zero-order valence-electron chi connectivity index (χ0n) is 6.77. The molecule has 2 bridgehead atoms. The Hall–Kier alpha value is -0.160. The van der Waals surface area contributed by atoms with Crippen molar-refractivity contribution >= 4 is 0 Å². The van der Waals surface area contributed by atoms with Crippen LogP contribution in [0.1, 0.15) is 19.3 Å². The average molecular weight is 156 g/mol. The Bertz CT molecular complexity index is 102. The van der Waals surface area contributed by atoms with Crippen molar-refractivity contribution in [2.75, 3.05) is 19.6 Å². The van der Waals surface area contributed by atoms with Gasteiger partial charge in [0.15, 0.2) is 0 Å². The molecule has 0 aromatic rings. The van der Waals surface area contributed by atoms with Crippen LogP contribution in [0.15, 0.2) is 0 Å². The van der Waals surface area contributed by atoms with E-state index in [0.29, 0.717) is 0 Å². The van der Waals surface area contributed by atoms with Crippen molar-refractivity contribution < 1.29 is 0 Å². The van der Waals surface area contributed by atoms with Gasteiger partial charge in [0.25, 0.3) is 0 Å². The van der Waals surface area contributed by atoms with Crippen molar-refractivity contribution in [1.82, 2.24) is 21.5 Å². The van der Waals surface area contributed by atoms with E-state index in [4.69, 9.17) is 0 Å². The Balaban J connectivity index is 1.96. The summed E-state index contributed by atoms with van der Waals surface area (Å²) < 4.78 is 0. The molecule has 0 radical (unpaired) electrons. The van der Waals surface area contributed by atoms with E-state index in [2.05, 4.69) is 21.5 Å². The first-order valence-electron chi connectivity index (χ1n) is 4.43. The predicted molar refractivity (Wildman–Crippen MR) is 43.2 cm³/mol. The van der Waals surface area contributed by atoms with Gasteiger partial charge in [-0.15, -0.1) is 0 Å². The van der Waals surface area contributed by atoms with Gasteiger partial charge in [-0.2, -0.15) is 11.1 Å². The van der Waals surface area contributed by atoms with Crippen LogP contribution in [-0.4, -0.2) is 24.6 Å². The van der Waals surface area contributed by atoms with E-state index >= 15 is 0 Å². The lowest BCUT2D eigenvalue weighted by atomic mass is 10.0. The smallest absolute Gasteiger partial charge is 0.0185 e. The van der Waals surface area contributed by atoms with Gasteiger partial charge < -0.3 is 0 Å². The standard InChI is InChI=1S/C7H16N4/c1-2-4-11-6-7(3-1)5-8-9-10-11/h7-10H,1-6H2. The minimum absolute atomic E-state index is 0.819. The number of rotatable bonds is 0. The van der Waals surface area contributed by atoms with Crippen molar-refractivity contribution in [3.8, 4) is 0 Å². The van der Waals surface area contributed by atoms with E-state index < -0.39 is 0 Å². The van der Waals surface area contributed by atoms with Crippen LogP contribution in [0, 0.1) is 5.92 Å². The summed E-state index contributed by atoms with van der Waals surface area (Å²) in [6, 6.07) is 0. The topological polar surface area (TPSA) is 39.3 Å². The zero-order chi connectivity index (χ0) is 7.52. The molecule has 2 saturated heterocycles. The molecule has 2 unspecified atom stereocenters. The van der Waals surface area contributed by atoms with Crippen LogP contribution in [0.4, 0.5) is 0 Å². The highest BCUT2D eigenvalue weighted by molar-refractivity contribution is 4.71. The first-order chi connectivity index (χ1) is 5.45. The third-order valence-electron chi connectivity index (χ3n) is 2.46. The Morgan fingerprint density at radius 2 is 2.27 bits per heavy atom. The summed E-state index contributed by atoms with van der Waals surface area (Å²) in [6.07, 6.45) is 4.07. The predicted octanol–water partition coefficient (Wildman–Crippen LogP) is -0.384. The number of hydrogen-bond acceptors (Lipinski definition) is 4. The van der Waals surface area contributed by atoms with E-state index in [9.17, 15) is 0 Å². The van der Waals surface area contributed by atoms with E-state index in [1.165, 1.54) is 32.4 Å². The molecule has 0 spiro atoms. The summed E-state index contributed by atoms with van der Waals surface area (Å²) in [5, 5.41) is 2.26. The Labute approximate surface area is 67.2 Å². The molecule has 2 fully saturated rings. The van der Waals surface area contributed by atoms with Crippen molar-refractivity contribution in [2.45, 2.75) is 19.3 Å². The monoisotopic (exact) mass is 156 g/mol. The van der Waals surface area contributed by atoms with Gasteiger partial charge in [0.2, 0.25) is 0 Å². The third-order valence-corrected chi connectivity index (χ3v) is 2.46. The SMILES string of the molecule is C1CCN2CC(C1)CNNN2. The number of fused-ring (bicyclic) bond motifs is 2. The molecule has 64 valence electrons. The summed E-state index contributed by atoms with van der Waals surface area (Å²) >= 11 is 0. The lowest BCUT2D eigenvalue weighted by molar-refractivity contribution is 0.155. The van der Waals surface area contributed by atoms with Crippen LogP contribution in [0.25, 0.3) is 0 Å². The van der Waals surface area contributed by atoms with E-state index in [-0.39, 0.29) is 0 Å². The van der Waals surface area contributed by atoms with Crippen molar-refractivity contribution in [3.63, 3.8) is 0 Å². The van der Waals surface area contributed by atoms with Crippen LogP contribution in [-0.2, 0) is 0 Å². The summed E-state index contributed by atoms with van der Waals surface area (Å²) in [7, 11) is 0. The molecule has 0 saturated carbocycles. The molecule has 11 heavy (non-hydrogen) atoms. The van der Waals surface area contributed by atoms with Gasteiger partial charge in [-0.3, -0.25) is 0 Å². The van der Waals surface area contributed by atoms with Gasteiger partial charge in [-0.25, -0.2) is 10.4 Å². The van der Waals surface area contributed by atoms with Crippen LogP contribution in [0.2, 0.25) is 0 Å². The first-order valence-corrected chi connectivity index (χ1v) is 4.43. The van der Waals surface area contributed by atoms with E-state index in [1.54, 1.807) is 0 Å². The Morgan fingerprint density at radius 1 is 1.27 bits per heavy atom. The highest BCUT2D eigenvalue weighted by atomic mass is 15.8. The molecular weight excluding hydrogens is 140 g/mol. The molecule has 4 heteroatoms. The van der Waals surface area contributed by atoms with Crippen LogP contribution in [0.3, 0.4) is 0 Å². The van der Waals surface area contributed by atoms with Crippen LogP contribution in [0.5, 0.6) is 0 Å². The lowest BCUT2D eigenvalue weighted by Crippen LogP contribution is -2.50. The fourth-order valence-electron chi connectivity index (χ4n) is 1.81. The second-order valence-corrected chi connectivity index (χ2v) is 3.43. The van der Waals surface area contributed by atoms with Gasteiger partial charge in [0.05, 0.1) is 0 Å². The third kappa shape index (κ3) is 1.90. The summed E-state index contributed by atoms with van der Waals surface area (Å²) in [6.45, 7) is 3.44. The molecule has 2 aliphatic rings. The quantitative estimate of drug-likeness (QED) is 0.447. The number of nitrogens with one attached hydrogen (secondary N) is 3. The van der Waals surface area contributed by atoms with Crippen LogP contribution >= 0.6 is 0 Å². The van der Waals surface area contributed by atoms with Crippen molar-refractivity contribution in [3.05, 3.63) is 0 Å². The summed E-state index contributed by atoms with van der Waals surface area (Å²) in [5.74, 6) is 0.819. The first kappa shape index (κ1) is 7.49. The second-order valence-electron chi connectivity index (χ2n) is 3.43. The lowest BCUT2D eigenvalue weighted by Gasteiger charge is -2.19. The van der Waals surface area contributed by atoms with Crippen molar-refractivity contribution in [2.24, 2.45) is 5.92 Å². The molecule has 2 atom stereocenters. The molecule has 2 rings (SSSR count). The largest absolute Gasteiger partial charge is 0.243 e. The second kappa shape index (κ2) is 3.49. The number of hydrazine groups is 3. The fraction of sp³-hybridized carbons (Fsp3) is 1.00. The maximum absolute atomic E-state index is 3.14. The minimum Gasteiger partial charge on any atom is -0.243 e. The Morgan fingerprint density at radius 3 is 3.27 bits per heavy atom.